The third kappa shape index (κ3) is 6.39. The molecule has 3 heteroatoms. The lowest BCUT2D eigenvalue weighted by Crippen LogP contribution is -2.11. The second kappa shape index (κ2) is 16.0. The molecule has 2 nitrogen and oxygen atoms in total. The number of rotatable bonds is 7. The highest BCUT2D eigenvalue weighted by Crippen LogP contribution is 2.50. The average Bonchev–Trinajstić information content (AvgIpc) is 3.99. The van der Waals surface area contributed by atoms with Crippen LogP contribution < -0.4 is 4.90 Å². The zero-order chi connectivity index (χ0) is 45.4. The van der Waals surface area contributed by atoms with E-state index in [0.29, 0.717) is 0 Å². The summed E-state index contributed by atoms with van der Waals surface area (Å²) in [4.78, 5) is 2.44. The zero-order valence-corrected chi connectivity index (χ0v) is 38.3. The zero-order valence-electron chi connectivity index (χ0n) is 37.4. The van der Waals surface area contributed by atoms with Gasteiger partial charge in [0.1, 0.15) is 11.2 Å². The monoisotopic (exact) mass is 895 g/mol. The number of anilines is 3. The fourth-order valence-corrected chi connectivity index (χ4v) is 12.2. The van der Waals surface area contributed by atoms with Crippen molar-refractivity contribution >= 4 is 103 Å². The predicted molar refractivity (Wildman–Crippen MR) is 296 cm³/mol. The van der Waals surface area contributed by atoms with Gasteiger partial charge in [-0.1, -0.05) is 200 Å². The molecular formula is C66H41NOS. The molecule has 0 bridgehead atoms. The molecule has 0 spiro atoms. The van der Waals surface area contributed by atoms with E-state index in [0.717, 1.165) is 44.4 Å². The summed E-state index contributed by atoms with van der Waals surface area (Å²) in [6.07, 6.45) is 0. The molecule has 2 heterocycles. The van der Waals surface area contributed by atoms with Crippen molar-refractivity contribution in [2.45, 2.75) is 0 Å². The summed E-state index contributed by atoms with van der Waals surface area (Å²) < 4.78 is 9.19. The van der Waals surface area contributed by atoms with E-state index in [1.165, 1.54) is 91.6 Å². The molecule has 2 aromatic heterocycles. The molecule has 322 valence electrons. The molecule has 0 fully saturated rings. The van der Waals surface area contributed by atoms with Gasteiger partial charge < -0.3 is 9.32 Å². The second-order valence-electron chi connectivity index (χ2n) is 17.9. The Kier molecular flexibility index (Phi) is 9.11. The highest BCUT2D eigenvalue weighted by atomic mass is 32.1. The Morgan fingerprint density at radius 2 is 0.884 bits per heavy atom. The van der Waals surface area contributed by atoms with Gasteiger partial charge in [-0.2, -0.15) is 0 Å². The van der Waals surface area contributed by atoms with Crippen LogP contribution in [0.3, 0.4) is 0 Å². The van der Waals surface area contributed by atoms with Gasteiger partial charge in [0.05, 0.1) is 5.69 Å². The second-order valence-corrected chi connectivity index (χ2v) is 19.0. The number of para-hydroxylation sites is 1. The molecule has 0 radical (unpaired) electrons. The summed E-state index contributed by atoms with van der Waals surface area (Å²) in [6, 6.07) is 90.9. The average molecular weight is 896 g/mol. The molecule has 0 aliphatic heterocycles. The van der Waals surface area contributed by atoms with Gasteiger partial charge in [-0.3, -0.25) is 0 Å². The van der Waals surface area contributed by atoms with E-state index in [9.17, 15) is 0 Å². The lowest BCUT2D eigenvalue weighted by molar-refractivity contribution is 0.669. The van der Waals surface area contributed by atoms with Gasteiger partial charge >= 0.3 is 0 Å². The Balaban J connectivity index is 1.06. The third-order valence-electron chi connectivity index (χ3n) is 14.1. The number of furan rings is 1. The quantitative estimate of drug-likeness (QED) is 0.158. The molecule has 69 heavy (non-hydrogen) atoms. The fraction of sp³-hybridized carbons (Fsp3) is 0. The van der Waals surface area contributed by atoms with Crippen molar-refractivity contribution in [3.05, 3.63) is 249 Å². The Morgan fingerprint density at radius 1 is 0.304 bits per heavy atom. The van der Waals surface area contributed by atoms with Crippen molar-refractivity contribution in [1.82, 2.24) is 0 Å². The number of hydrogen-bond acceptors (Lipinski definition) is 3. The molecular weight excluding hydrogens is 855 g/mol. The molecule has 0 aliphatic rings. The first-order valence-electron chi connectivity index (χ1n) is 23.6. The maximum Gasteiger partial charge on any atom is 0.137 e. The Labute approximate surface area is 403 Å². The summed E-state index contributed by atoms with van der Waals surface area (Å²) >= 11 is 1.88. The molecule has 14 rings (SSSR count). The first kappa shape index (κ1) is 39.4. The first-order valence-corrected chi connectivity index (χ1v) is 24.4. The van der Waals surface area contributed by atoms with E-state index in [1.54, 1.807) is 0 Å². The van der Waals surface area contributed by atoms with E-state index in [2.05, 4.69) is 248 Å². The topological polar surface area (TPSA) is 16.4 Å². The molecule has 0 saturated carbocycles. The van der Waals surface area contributed by atoms with Crippen LogP contribution in [-0.2, 0) is 0 Å². The molecule has 0 N–H and O–H groups in total. The molecule has 0 unspecified atom stereocenters. The summed E-state index contributed by atoms with van der Waals surface area (Å²) in [5.41, 5.74) is 14.5. The van der Waals surface area contributed by atoms with Crippen LogP contribution in [0.5, 0.6) is 0 Å². The minimum atomic E-state index is 0.853. The molecule has 0 saturated heterocycles. The van der Waals surface area contributed by atoms with E-state index >= 15 is 0 Å². The van der Waals surface area contributed by atoms with Crippen molar-refractivity contribution in [2.24, 2.45) is 0 Å². The Bertz CT molecular complexity index is 4320. The van der Waals surface area contributed by atoms with Crippen LogP contribution in [0.4, 0.5) is 17.1 Å². The Morgan fingerprint density at radius 3 is 1.75 bits per heavy atom. The lowest BCUT2D eigenvalue weighted by Gasteiger charge is -2.29. The highest BCUT2D eigenvalue weighted by Gasteiger charge is 2.24. The van der Waals surface area contributed by atoms with Crippen molar-refractivity contribution < 1.29 is 4.42 Å². The number of fused-ring (bicyclic) bond motifs is 9. The van der Waals surface area contributed by atoms with Gasteiger partial charge in [-0.25, -0.2) is 0 Å². The van der Waals surface area contributed by atoms with Crippen LogP contribution in [0.15, 0.2) is 253 Å². The summed E-state index contributed by atoms with van der Waals surface area (Å²) in [5, 5.41) is 12.0. The van der Waals surface area contributed by atoms with Crippen molar-refractivity contribution in [1.29, 1.82) is 0 Å². The van der Waals surface area contributed by atoms with Crippen LogP contribution in [0, 0.1) is 0 Å². The van der Waals surface area contributed by atoms with Gasteiger partial charge in [0.2, 0.25) is 0 Å². The number of thiophene rings is 1. The van der Waals surface area contributed by atoms with Crippen LogP contribution in [0.1, 0.15) is 0 Å². The highest BCUT2D eigenvalue weighted by molar-refractivity contribution is 7.26. The third-order valence-corrected chi connectivity index (χ3v) is 15.3. The minimum Gasteiger partial charge on any atom is -0.456 e. The SMILES string of the molecule is c1ccc(-c2cccc3cccc(-c4ccc(N(c5ccc6c(c5)oc5ccccc56)c5ccc(-c6cccc7ccccc67)c6ccccc56)cc4-c4cccc5c4sc4ccccc45)c23)cc1. The summed E-state index contributed by atoms with van der Waals surface area (Å²) in [6.45, 7) is 0. The summed E-state index contributed by atoms with van der Waals surface area (Å²) in [5.74, 6) is 0. The van der Waals surface area contributed by atoms with Crippen molar-refractivity contribution in [2.75, 3.05) is 4.90 Å². The smallest absolute Gasteiger partial charge is 0.137 e. The molecule has 0 aliphatic carbocycles. The van der Waals surface area contributed by atoms with Gasteiger partial charge in [0, 0.05) is 59.3 Å². The molecule has 14 aromatic rings. The van der Waals surface area contributed by atoms with Gasteiger partial charge in [-0.05, 0) is 108 Å². The van der Waals surface area contributed by atoms with E-state index < -0.39 is 0 Å². The molecule has 0 amide bonds. The van der Waals surface area contributed by atoms with Crippen molar-refractivity contribution in [3.8, 4) is 44.5 Å². The van der Waals surface area contributed by atoms with Crippen LogP contribution in [0.25, 0.3) is 119 Å². The van der Waals surface area contributed by atoms with Crippen molar-refractivity contribution in [3.63, 3.8) is 0 Å². The predicted octanol–water partition coefficient (Wildman–Crippen LogP) is 19.6. The van der Waals surface area contributed by atoms with Gasteiger partial charge in [0.15, 0.2) is 0 Å². The van der Waals surface area contributed by atoms with Crippen LogP contribution in [0.2, 0.25) is 0 Å². The number of hydrogen-bond donors (Lipinski definition) is 0. The largest absolute Gasteiger partial charge is 0.456 e. The van der Waals surface area contributed by atoms with E-state index in [-0.39, 0.29) is 0 Å². The summed E-state index contributed by atoms with van der Waals surface area (Å²) in [7, 11) is 0. The first-order chi connectivity index (χ1) is 34.2. The van der Waals surface area contributed by atoms with Crippen LogP contribution >= 0.6 is 11.3 Å². The fourth-order valence-electron chi connectivity index (χ4n) is 11.0. The standard InChI is InChI=1S/C66H41NOS/c1-2-16-43(17-3-1)48-27-13-20-44-21-14-29-57(65(44)48)52-36-34-45(40-60(52)59-31-15-30-58-56-26-9-11-33-64(56)69-66(58)59)67(46-35-37-55-54-25-8-10-32-62(54)68-63(55)41-46)61-39-38-51(50-23-6-7-24-53(50)61)49-28-12-19-42-18-4-5-22-47(42)49/h1-41H. The van der Waals surface area contributed by atoms with Gasteiger partial charge in [0.25, 0.3) is 0 Å². The van der Waals surface area contributed by atoms with Crippen LogP contribution in [-0.4, -0.2) is 0 Å². The van der Waals surface area contributed by atoms with E-state index in [4.69, 9.17) is 4.42 Å². The Hall–Kier alpha value is -8.76. The number of benzene rings is 12. The normalized spacial score (nSPS) is 11.8. The molecule has 12 aromatic carbocycles. The van der Waals surface area contributed by atoms with E-state index in [1.807, 2.05) is 17.4 Å². The molecule has 0 atom stereocenters. The minimum absolute atomic E-state index is 0.853. The van der Waals surface area contributed by atoms with Gasteiger partial charge in [-0.15, -0.1) is 11.3 Å². The maximum atomic E-state index is 6.63. The lowest BCUT2D eigenvalue weighted by atomic mass is 9.87. The number of nitrogens with zero attached hydrogens (tertiary/aromatic N) is 1. The maximum absolute atomic E-state index is 6.63.